The average Bonchev–Trinajstić information content (AvgIpc) is 2.99. The summed E-state index contributed by atoms with van der Waals surface area (Å²) in [5, 5.41) is 0. The maximum Gasteiger partial charge on any atom is 0.228 e. The minimum Gasteiger partial charge on any atom is -0.384 e. The predicted octanol–water partition coefficient (Wildman–Crippen LogP) is 2.37. The first-order valence-corrected chi connectivity index (χ1v) is 8.84. The lowest BCUT2D eigenvalue weighted by Gasteiger charge is -2.34. The molecule has 0 N–H and O–H groups in total. The van der Waals surface area contributed by atoms with Gasteiger partial charge in [0, 0.05) is 38.9 Å². The zero-order valence-electron chi connectivity index (χ0n) is 14.8. The number of amides is 2. The molecule has 0 saturated carbocycles. The Morgan fingerprint density at radius 3 is 2.88 bits per heavy atom. The van der Waals surface area contributed by atoms with Crippen LogP contribution in [0.2, 0.25) is 0 Å². The van der Waals surface area contributed by atoms with E-state index in [1.807, 2.05) is 4.90 Å². The number of anilines is 1. The molecule has 2 aliphatic heterocycles. The van der Waals surface area contributed by atoms with Gasteiger partial charge in [0.1, 0.15) is 5.82 Å². The van der Waals surface area contributed by atoms with Crippen molar-refractivity contribution in [3.63, 3.8) is 0 Å². The minimum atomic E-state index is -0.320. The number of hydrogen-bond donors (Lipinski definition) is 0. The van der Waals surface area contributed by atoms with Crippen LogP contribution < -0.4 is 4.90 Å². The van der Waals surface area contributed by atoms with E-state index in [4.69, 9.17) is 4.74 Å². The zero-order chi connectivity index (χ0) is 18.0. The van der Waals surface area contributed by atoms with Crippen LogP contribution in [0.4, 0.5) is 10.1 Å². The predicted molar refractivity (Wildman–Crippen MR) is 92.8 cm³/mol. The summed E-state index contributed by atoms with van der Waals surface area (Å²) in [6.45, 7) is 4.15. The Morgan fingerprint density at radius 1 is 1.36 bits per heavy atom. The van der Waals surface area contributed by atoms with Crippen molar-refractivity contribution in [1.29, 1.82) is 0 Å². The molecule has 1 aromatic carbocycles. The van der Waals surface area contributed by atoms with Gasteiger partial charge in [0.05, 0.1) is 12.5 Å². The first kappa shape index (κ1) is 17.9. The highest BCUT2D eigenvalue weighted by atomic mass is 19.1. The SMILES string of the molecule is COC[C@H]1CCCN(C(=O)[C@@H]2CC(=O)N(c3ccc(F)c(C)c3)C2)C1. The molecule has 0 unspecified atom stereocenters. The van der Waals surface area contributed by atoms with E-state index in [1.165, 1.54) is 6.07 Å². The van der Waals surface area contributed by atoms with Gasteiger partial charge in [-0.15, -0.1) is 0 Å². The second-order valence-corrected chi connectivity index (χ2v) is 7.09. The van der Waals surface area contributed by atoms with Gasteiger partial charge in [-0.25, -0.2) is 4.39 Å². The molecule has 0 spiro atoms. The number of benzene rings is 1. The van der Waals surface area contributed by atoms with E-state index in [-0.39, 0.29) is 30.0 Å². The number of piperidine rings is 1. The molecule has 2 amide bonds. The molecule has 136 valence electrons. The van der Waals surface area contributed by atoms with Gasteiger partial charge in [0.25, 0.3) is 0 Å². The number of carbonyl (C=O) groups excluding carboxylic acids is 2. The van der Waals surface area contributed by atoms with Crippen LogP contribution in [0.15, 0.2) is 18.2 Å². The van der Waals surface area contributed by atoms with Gasteiger partial charge in [-0.05, 0) is 49.4 Å². The van der Waals surface area contributed by atoms with Crippen molar-refractivity contribution >= 4 is 17.5 Å². The van der Waals surface area contributed by atoms with E-state index in [2.05, 4.69) is 0 Å². The van der Waals surface area contributed by atoms with Gasteiger partial charge >= 0.3 is 0 Å². The summed E-state index contributed by atoms with van der Waals surface area (Å²) >= 11 is 0. The lowest BCUT2D eigenvalue weighted by Crippen LogP contribution is -2.44. The summed E-state index contributed by atoms with van der Waals surface area (Å²) in [5.74, 6) is -0.263. The third kappa shape index (κ3) is 3.84. The van der Waals surface area contributed by atoms with E-state index >= 15 is 0 Å². The van der Waals surface area contributed by atoms with E-state index < -0.39 is 0 Å². The molecule has 0 aromatic heterocycles. The van der Waals surface area contributed by atoms with E-state index in [0.29, 0.717) is 36.9 Å². The van der Waals surface area contributed by atoms with Crippen LogP contribution in [0.1, 0.15) is 24.8 Å². The molecule has 6 heteroatoms. The topological polar surface area (TPSA) is 49.9 Å². The molecular weight excluding hydrogens is 323 g/mol. The molecule has 2 atom stereocenters. The van der Waals surface area contributed by atoms with Gasteiger partial charge in [-0.1, -0.05) is 0 Å². The Hall–Kier alpha value is -1.95. The normalized spacial score (nSPS) is 24.0. The van der Waals surface area contributed by atoms with Crippen molar-refractivity contribution < 1.29 is 18.7 Å². The Morgan fingerprint density at radius 2 is 2.16 bits per heavy atom. The van der Waals surface area contributed by atoms with Crippen molar-refractivity contribution in [3.8, 4) is 0 Å². The van der Waals surface area contributed by atoms with Gasteiger partial charge in [0.15, 0.2) is 0 Å². The molecule has 3 rings (SSSR count). The van der Waals surface area contributed by atoms with Crippen molar-refractivity contribution in [2.75, 3.05) is 38.3 Å². The molecule has 2 saturated heterocycles. The van der Waals surface area contributed by atoms with Crippen LogP contribution in [0.25, 0.3) is 0 Å². The second kappa shape index (κ2) is 7.52. The highest BCUT2D eigenvalue weighted by Crippen LogP contribution is 2.29. The van der Waals surface area contributed by atoms with Gasteiger partial charge in [0.2, 0.25) is 11.8 Å². The van der Waals surface area contributed by atoms with Gasteiger partial charge in [-0.3, -0.25) is 9.59 Å². The number of methoxy groups -OCH3 is 1. The maximum atomic E-state index is 13.5. The first-order chi connectivity index (χ1) is 12.0. The minimum absolute atomic E-state index is 0.0514. The van der Waals surface area contributed by atoms with Crippen LogP contribution in [-0.2, 0) is 14.3 Å². The molecule has 2 aliphatic rings. The van der Waals surface area contributed by atoms with E-state index in [1.54, 1.807) is 31.1 Å². The molecule has 2 heterocycles. The van der Waals surface area contributed by atoms with Crippen LogP contribution in [0, 0.1) is 24.6 Å². The van der Waals surface area contributed by atoms with Crippen LogP contribution in [0.3, 0.4) is 0 Å². The Labute approximate surface area is 147 Å². The third-order valence-electron chi connectivity index (χ3n) is 5.16. The quantitative estimate of drug-likeness (QED) is 0.839. The largest absolute Gasteiger partial charge is 0.384 e. The molecule has 2 fully saturated rings. The zero-order valence-corrected chi connectivity index (χ0v) is 14.8. The van der Waals surface area contributed by atoms with Crippen LogP contribution in [-0.4, -0.2) is 50.1 Å². The summed E-state index contributed by atoms with van der Waals surface area (Å²) in [6, 6.07) is 4.63. The Kier molecular flexibility index (Phi) is 5.37. The standard InChI is InChI=1S/C19H25FN2O3/c1-13-8-16(5-6-17(13)20)22-11-15(9-18(22)23)19(24)21-7-3-4-14(10-21)12-25-2/h5-6,8,14-15H,3-4,7,9-12H2,1-2H3/t14-,15+/m0/s1. The van der Waals surface area contributed by atoms with Crippen molar-refractivity contribution in [2.45, 2.75) is 26.2 Å². The van der Waals surface area contributed by atoms with E-state index in [0.717, 1.165) is 19.4 Å². The number of nitrogens with zero attached hydrogens (tertiary/aromatic N) is 2. The molecule has 0 radical (unpaired) electrons. The summed E-state index contributed by atoms with van der Waals surface area (Å²) in [4.78, 5) is 28.7. The number of rotatable bonds is 4. The molecule has 25 heavy (non-hydrogen) atoms. The lowest BCUT2D eigenvalue weighted by atomic mass is 9.97. The number of carbonyl (C=O) groups is 2. The fraction of sp³-hybridized carbons (Fsp3) is 0.579. The number of hydrogen-bond acceptors (Lipinski definition) is 3. The average molecular weight is 348 g/mol. The summed E-state index contributed by atoms with van der Waals surface area (Å²) in [5.41, 5.74) is 1.16. The van der Waals surface area contributed by atoms with Crippen molar-refractivity contribution in [1.82, 2.24) is 4.90 Å². The lowest BCUT2D eigenvalue weighted by molar-refractivity contribution is -0.138. The summed E-state index contributed by atoms with van der Waals surface area (Å²) in [6.07, 6.45) is 2.27. The Balaban J connectivity index is 1.67. The highest BCUT2D eigenvalue weighted by molar-refractivity contribution is 6.00. The van der Waals surface area contributed by atoms with Crippen LogP contribution >= 0.6 is 0 Å². The summed E-state index contributed by atoms with van der Waals surface area (Å²) in [7, 11) is 1.68. The second-order valence-electron chi connectivity index (χ2n) is 7.09. The highest BCUT2D eigenvalue weighted by Gasteiger charge is 2.38. The fourth-order valence-corrected chi connectivity index (χ4v) is 3.81. The molecular formula is C19H25FN2O3. The summed E-state index contributed by atoms with van der Waals surface area (Å²) < 4.78 is 18.7. The molecule has 5 nitrogen and oxygen atoms in total. The van der Waals surface area contributed by atoms with E-state index in [9.17, 15) is 14.0 Å². The van der Waals surface area contributed by atoms with Crippen LogP contribution in [0.5, 0.6) is 0 Å². The van der Waals surface area contributed by atoms with Crippen molar-refractivity contribution in [3.05, 3.63) is 29.6 Å². The molecule has 0 aliphatic carbocycles. The Bertz CT molecular complexity index is 662. The molecule has 0 bridgehead atoms. The fourth-order valence-electron chi connectivity index (χ4n) is 3.81. The number of likely N-dealkylation sites (tertiary alicyclic amines) is 1. The molecule has 1 aromatic rings. The number of halogens is 1. The smallest absolute Gasteiger partial charge is 0.228 e. The number of aryl methyl sites for hydroxylation is 1. The number of ether oxygens (including phenoxy) is 1. The third-order valence-corrected chi connectivity index (χ3v) is 5.16. The van der Waals surface area contributed by atoms with Gasteiger partial charge in [-0.2, -0.15) is 0 Å². The monoisotopic (exact) mass is 348 g/mol. The first-order valence-electron chi connectivity index (χ1n) is 8.84. The van der Waals surface area contributed by atoms with Gasteiger partial charge < -0.3 is 14.5 Å². The van der Waals surface area contributed by atoms with Crippen molar-refractivity contribution in [2.24, 2.45) is 11.8 Å². The maximum absolute atomic E-state index is 13.5.